The Labute approximate surface area is 149 Å². The molecule has 0 spiro atoms. The standard InChI is InChI=1S/C16H23N5.HI/c1-12-10-13(2)18-16(17-12)20-19-14-6-5-7-15(11-14)21-8-3-4-9-21;/h10-11H,3-9H2,1-2H3,(H,17,18,20);1H/b19-14+;. The van der Waals surface area contributed by atoms with Crippen LogP contribution in [0.5, 0.6) is 0 Å². The first kappa shape index (κ1) is 17.2. The van der Waals surface area contributed by atoms with E-state index in [1.807, 2.05) is 19.9 Å². The van der Waals surface area contributed by atoms with Crippen molar-refractivity contribution < 1.29 is 0 Å². The summed E-state index contributed by atoms with van der Waals surface area (Å²) in [7, 11) is 0. The van der Waals surface area contributed by atoms with Crippen LogP contribution in [0.15, 0.2) is 22.9 Å². The molecule has 1 aliphatic carbocycles. The van der Waals surface area contributed by atoms with Gasteiger partial charge in [-0.15, -0.1) is 24.0 Å². The van der Waals surface area contributed by atoms with Crippen molar-refractivity contribution in [3.8, 4) is 0 Å². The maximum Gasteiger partial charge on any atom is 0.243 e. The van der Waals surface area contributed by atoms with Gasteiger partial charge in [0.05, 0.1) is 5.71 Å². The van der Waals surface area contributed by atoms with Crippen LogP contribution in [0, 0.1) is 13.8 Å². The highest BCUT2D eigenvalue weighted by atomic mass is 127. The second kappa shape index (κ2) is 7.89. The summed E-state index contributed by atoms with van der Waals surface area (Å²) in [5.41, 5.74) is 7.48. The number of nitrogens with one attached hydrogen (secondary N) is 1. The van der Waals surface area contributed by atoms with Crippen LogP contribution >= 0.6 is 24.0 Å². The largest absolute Gasteiger partial charge is 0.375 e. The summed E-state index contributed by atoms with van der Waals surface area (Å²) in [6.07, 6.45) is 8.26. The number of hydrazone groups is 1. The molecule has 1 aliphatic heterocycles. The monoisotopic (exact) mass is 413 g/mol. The molecular weight excluding hydrogens is 389 g/mol. The first-order chi connectivity index (χ1) is 10.2. The quantitative estimate of drug-likeness (QED) is 0.607. The fourth-order valence-electron chi connectivity index (χ4n) is 3.03. The molecule has 1 N–H and O–H groups in total. The van der Waals surface area contributed by atoms with Crippen molar-refractivity contribution in [1.82, 2.24) is 14.9 Å². The van der Waals surface area contributed by atoms with E-state index in [-0.39, 0.29) is 24.0 Å². The molecule has 2 heterocycles. The summed E-state index contributed by atoms with van der Waals surface area (Å²) in [6.45, 7) is 6.34. The SMILES string of the molecule is Cc1cc(C)nc(N/N=C2/C=C(N3CCCC3)CCC2)n1.I. The van der Waals surface area contributed by atoms with Crippen molar-refractivity contribution in [2.45, 2.75) is 46.0 Å². The lowest BCUT2D eigenvalue weighted by atomic mass is 10.0. The molecule has 0 amide bonds. The van der Waals surface area contributed by atoms with E-state index >= 15 is 0 Å². The maximum atomic E-state index is 4.50. The number of hydrogen-bond donors (Lipinski definition) is 1. The maximum absolute atomic E-state index is 4.50. The fraction of sp³-hybridized carbons (Fsp3) is 0.562. The predicted octanol–water partition coefficient (Wildman–Crippen LogP) is 3.64. The minimum Gasteiger partial charge on any atom is -0.375 e. The highest BCUT2D eigenvalue weighted by Crippen LogP contribution is 2.23. The Hall–Kier alpha value is -1.18. The van der Waals surface area contributed by atoms with E-state index in [0.717, 1.165) is 23.5 Å². The van der Waals surface area contributed by atoms with E-state index in [4.69, 9.17) is 0 Å². The molecule has 0 radical (unpaired) electrons. The van der Waals surface area contributed by atoms with Crippen molar-refractivity contribution in [3.05, 3.63) is 29.2 Å². The van der Waals surface area contributed by atoms with Crippen LogP contribution in [0.25, 0.3) is 0 Å². The van der Waals surface area contributed by atoms with Gasteiger partial charge in [0.25, 0.3) is 0 Å². The van der Waals surface area contributed by atoms with Crippen LogP contribution in [0.3, 0.4) is 0 Å². The minimum absolute atomic E-state index is 0. The number of nitrogens with zero attached hydrogens (tertiary/aromatic N) is 4. The molecular formula is C16H24IN5. The average Bonchev–Trinajstić information content (AvgIpc) is 2.99. The number of allylic oxidation sites excluding steroid dienone is 2. The third kappa shape index (κ3) is 4.41. The van der Waals surface area contributed by atoms with Crippen LogP contribution in [0.2, 0.25) is 0 Å². The van der Waals surface area contributed by atoms with Crippen LogP contribution in [-0.4, -0.2) is 33.7 Å². The topological polar surface area (TPSA) is 53.4 Å². The third-order valence-corrected chi connectivity index (χ3v) is 3.99. The lowest BCUT2D eigenvalue weighted by molar-refractivity contribution is 0.404. The van der Waals surface area contributed by atoms with E-state index in [1.165, 1.54) is 44.5 Å². The molecule has 1 aromatic rings. The van der Waals surface area contributed by atoms with Crippen molar-refractivity contribution in [2.24, 2.45) is 5.10 Å². The van der Waals surface area contributed by atoms with Gasteiger partial charge in [-0.2, -0.15) is 5.10 Å². The van der Waals surface area contributed by atoms with Gasteiger partial charge in [0, 0.05) is 30.2 Å². The van der Waals surface area contributed by atoms with Gasteiger partial charge < -0.3 is 4.90 Å². The summed E-state index contributed by atoms with van der Waals surface area (Å²) in [4.78, 5) is 11.2. The van der Waals surface area contributed by atoms with E-state index in [1.54, 1.807) is 0 Å². The number of rotatable bonds is 3. The normalized spacial score (nSPS) is 19.8. The Bertz CT molecular complexity index is 556. The van der Waals surface area contributed by atoms with Gasteiger partial charge in [-0.25, -0.2) is 15.4 Å². The Morgan fingerprint density at radius 1 is 1.05 bits per heavy atom. The highest BCUT2D eigenvalue weighted by Gasteiger charge is 2.18. The predicted molar refractivity (Wildman–Crippen MR) is 101 cm³/mol. The number of anilines is 1. The molecule has 120 valence electrons. The van der Waals surface area contributed by atoms with Gasteiger partial charge in [0.2, 0.25) is 5.95 Å². The molecule has 0 unspecified atom stereocenters. The highest BCUT2D eigenvalue weighted by molar-refractivity contribution is 14.0. The van der Waals surface area contributed by atoms with Gasteiger partial charge in [-0.1, -0.05) is 0 Å². The Morgan fingerprint density at radius 2 is 1.73 bits per heavy atom. The van der Waals surface area contributed by atoms with Crippen LogP contribution < -0.4 is 5.43 Å². The molecule has 0 aromatic carbocycles. The molecule has 0 atom stereocenters. The number of likely N-dealkylation sites (tertiary alicyclic amines) is 1. The molecule has 2 aliphatic rings. The molecule has 22 heavy (non-hydrogen) atoms. The summed E-state index contributed by atoms with van der Waals surface area (Å²) in [5.74, 6) is 0.585. The third-order valence-electron chi connectivity index (χ3n) is 3.99. The number of aryl methyl sites for hydroxylation is 2. The fourth-order valence-corrected chi connectivity index (χ4v) is 3.03. The number of aromatic nitrogens is 2. The van der Waals surface area contributed by atoms with E-state index in [2.05, 4.69) is 31.5 Å². The molecule has 3 rings (SSSR count). The number of hydrogen-bond acceptors (Lipinski definition) is 5. The molecule has 1 saturated heterocycles. The Balaban J connectivity index is 0.00000176. The van der Waals surface area contributed by atoms with Gasteiger partial charge in [-0.05, 0) is 58.1 Å². The van der Waals surface area contributed by atoms with E-state index in [9.17, 15) is 0 Å². The van der Waals surface area contributed by atoms with Crippen LogP contribution in [0.1, 0.15) is 43.5 Å². The summed E-state index contributed by atoms with van der Waals surface area (Å²) in [5, 5.41) is 4.50. The molecule has 1 fully saturated rings. The van der Waals surface area contributed by atoms with E-state index in [0.29, 0.717) is 5.95 Å². The van der Waals surface area contributed by atoms with Crippen molar-refractivity contribution in [3.63, 3.8) is 0 Å². The molecule has 6 heteroatoms. The zero-order valence-corrected chi connectivity index (χ0v) is 15.6. The molecule has 0 saturated carbocycles. The first-order valence-electron chi connectivity index (χ1n) is 7.81. The van der Waals surface area contributed by atoms with Gasteiger partial charge in [0.15, 0.2) is 0 Å². The number of halogens is 1. The lowest BCUT2D eigenvalue weighted by Gasteiger charge is -2.24. The summed E-state index contributed by atoms with van der Waals surface area (Å²) in [6, 6.07) is 1.96. The Kier molecular flexibility index (Phi) is 6.16. The smallest absolute Gasteiger partial charge is 0.243 e. The van der Waals surface area contributed by atoms with Crippen molar-refractivity contribution >= 4 is 35.6 Å². The summed E-state index contributed by atoms with van der Waals surface area (Å²) >= 11 is 0. The van der Waals surface area contributed by atoms with Gasteiger partial charge >= 0.3 is 0 Å². The van der Waals surface area contributed by atoms with Crippen molar-refractivity contribution in [1.29, 1.82) is 0 Å². The van der Waals surface area contributed by atoms with Crippen molar-refractivity contribution in [2.75, 3.05) is 18.5 Å². The van der Waals surface area contributed by atoms with Crippen LogP contribution in [0.4, 0.5) is 5.95 Å². The molecule has 0 bridgehead atoms. The zero-order valence-electron chi connectivity index (χ0n) is 13.3. The molecule has 5 nitrogen and oxygen atoms in total. The van der Waals surface area contributed by atoms with E-state index < -0.39 is 0 Å². The second-order valence-corrected chi connectivity index (χ2v) is 5.87. The summed E-state index contributed by atoms with van der Waals surface area (Å²) < 4.78 is 0. The lowest BCUT2D eigenvalue weighted by Crippen LogP contribution is -2.22. The average molecular weight is 413 g/mol. The zero-order chi connectivity index (χ0) is 14.7. The first-order valence-corrected chi connectivity index (χ1v) is 7.81. The minimum atomic E-state index is 0. The second-order valence-electron chi connectivity index (χ2n) is 5.87. The van der Waals surface area contributed by atoms with Gasteiger partial charge in [-0.3, -0.25) is 0 Å². The molecule has 1 aromatic heterocycles. The van der Waals surface area contributed by atoms with Gasteiger partial charge in [0.1, 0.15) is 0 Å². The Morgan fingerprint density at radius 3 is 2.41 bits per heavy atom. The van der Waals surface area contributed by atoms with Crippen LogP contribution in [-0.2, 0) is 0 Å².